The van der Waals surface area contributed by atoms with Gasteiger partial charge in [0.15, 0.2) is 0 Å². The predicted octanol–water partition coefficient (Wildman–Crippen LogP) is 2.53. The Hall–Kier alpha value is -3.02. The van der Waals surface area contributed by atoms with Crippen molar-refractivity contribution in [2.75, 3.05) is 5.32 Å². The first-order valence-electron chi connectivity index (χ1n) is 6.84. The molecule has 1 aromatic carbocycles. The van der Waals surface area contributed by atoms with Gasteiger partial charge in [-0.15, -0.1) is 0 Å². The molecule has 0 aliphatic rings. The molecular formula is C16H15N5O. The largest absolute Gasteiger partial charge is 0.319 e. The maximum Gasteiger partial charge on any atom is 0.255 e. The number of nitrogens with zero attached hydrogens (tertiary/aromatic N) is 4. The van der Waals surface area contributed by atoms with E-state index < -0.39 is 0 Å². The van der Waals surface area contributed by atoms with Crippen LogP contribution in [0.1, 0.15) is 21.7 Å². The van der Waals surface area contributed by atoms with E-state index in [2.05, 4.69) is 20.3 Å². The first-order chi connectivity index (χ1) is 10.6. The summed E-state index contributed by atoms with van der Waals surface area (Å²) in [6.07, 6.45) is 6.63. The summed E-state index contributed by atoms with van der Waals surface area (Å²) in [6, 6.07) is 7.37. The Kier molecular flexibility index (Phi) is 3.65. The third kappa shape index (κ3) is 2.85. The minimum absolute atomic E-state index is 0.185. The van der Waals surface area contributed by atoms with E-state index in [0.29, 0.717) is 17.2 Å². The fourth-order valence-electron chi connectivity index (χ4n) is 2.01. The van der Waals surface area contributed by atoms with Crippen molar-refractivity contribution in [3.8, 4) is 5.95 Å². The quantitative estimate of drug-likeness (QED) is 0.805. The lowest BCUT2D eigenvalue weighted by molar-refractivity contribution is 0.102. The first kappa shape index (κ1) is 13.9. The van der Waals surface area contributed by atoms with Crippen LogP contribution in [0.2, 0.25) is 0 Å². The average Bonchev–Trinajstić information content (AvgIpc) is 2.95. The summed E-state index contributed by atoms with van der Waals surface area (Å²) in [5, 5.41) is 2.78. The summed E-state index contributed by atoms with van der Waals surface area (Å²) in [6.45, 7) is 3.85. The summed E-state index contributed by atoms with van der Waals surface area (Å²) in [7, 11) is 0. The molecule has 2 heterocycles. The van der Waals surface area contributed by atoms with Crippen molar-refractivity contribution >= 4 is 11.6 Å². The second kappa shape index (κ2) is 5.77. The zero-order valence-electron chi connectivity index (χ0n) is 12.3. The molecule has 0 aliphatic carbocycles. The summed E-state index contributed by atoms with van der Waals surface area (Å²) >= 11 is 0. The fraction of sp³-hybridized carbons (Fsp3) is 0.125. The molecule has 6 heteroatoms. The minimum Gasteiger partial charge on any atom is -0.319 e. The van der Waals surface area contributed by atoms with E-state index in [1.807, 2.05) is 26.0 Å². The van der Waals surface area contributed by atoms with Gasteiger partial charge in [-0.1, -0.05) is 17.7 Å². The molecule has 6 nitrogen and oxygen atoms in total. The lowest BCUT2D eigenvalue weighted by atomic mass is 10.1. The lowest BCUT2D eigenvalue weighted by Crippen LogP contribution is -2.13. The van der Waals surface area contributed by atoms with Crippen LogP contribution in [0.15, 0.2) is 49.1 Å². The molecule has 0 saturated carbocycles. The van der Waals surface area contributed by atoms with Crippen molar-refractivity contribution in [1.29, 1.82) is 0 Å². The van der Waals surface area contributed by atoms with Gasteiger partial charge >= 0.3 is 0 Å². The maximum absolute atomic E-state index is 12.1. The molecule has 1 N–H and O–H groups in total. The number of aryl methyl sites for hydroxylation is 2. The van der Waals surface area contributed by atoms with Crippen LogP contribution >= 0.6 is 0 Å². The van der Waals surface area contributed by atoms with Gasteiger partial charge < -0.3 is 5.32 Å². The normalized spacial score (nSPS) is 10.5. The molecule has 0 radical (unpaired) electrons. The number of nitrogens with one attached hydrogen (secondary N) is 1. The third-order valence-electron chi connectivity index (χ3n) is 3.25. The van der Waals surface area contributed by atoms with E-state index in [0.717, 1.165) is 11.4 Å². The van der Waals surface area contributed by atoms with Gasteiger partial charge in [0.25, 0.3) is 5.91 Å². The van der Waals surface area contributed by atoms with E-state index >= 15 is 0 Å². The molecule has 3 rings (SSSR count). The van der Waals surface area contributed by atoms with E-state index in [4.69, 9.17) is 0 Å². The minimum atomic E-state index is -0.185. The number of rotatable bonds is 3. The molecule has 3 aromatic rings. The van der Waals surface area contributed by atoms with Crippen LogP contribution in [-0.4, -0.2) is 25.4 Å². The summed E-state index contributed by atoms with van der Waals surface area (Å²) < 4.78 is 1.77. The van der Waals surface area contributed by atoms with Crippen LogP contribution in [-0.2, 0) is 0 Å². The van der Waals surface area contributed by atoms with Crippen LogP contribution in [0.3, 0.4) is 0 Å². The van der Waals surface area contributed by atoms with Gasteiger partial charge in [-0.25, -0.2) is 15.0 Å². The monoisotopic (exact) mass is 293 g/mol. The van der Waals surface area contributed by atoms with Crippen molar-refractivity contribution in [2.45, 2.75) is 13.8 Å². The SMILES string of the molecule is Cc1ccc(C(=O)Nc2cnc(-n3ccnc3C)nc2)cc1. The molecule has 0 atom stereocenters. The summed E-state index contributed by atoms with van der Waals surface area (Å²) in [4.78, 5) is 24.7. The predicted molar refractivity (Wildman–Crippen MR) is 83.0 cm³/mol. The van der Waals surface area contributed by atoms with E-state index in [-0.39, 0.29) is 5.91 Å². The highest BCUT2D eigenvalue weighted by molar-refractivity contribution is 6.04. The molecule has 110 valence electrons. The van der Waals surface area contributed by atoms with Gasteiger partial charge in [0.2, 0.25) is 5.95 Å². The highest BCUT2D eigenvalue weighted by atomic mass is 16.1. The van der Waals surface area contributed by atoms with Crippen molar-refractivity contribution in [2.24, 2.45) is 0 Å². The summed E-state index contributed by atoms with van der Waals surface area (Å²) in [5.41, 5.74) is 2.26. The first-order valence-corrected chi connectivity index (χ1v) is 6.84. The second-order valence-corrected chi connectivity index (χ2v) is 4.94. The van der Waals surface area contributed by atoms with Crippen LogP contribution in [0, 0.1) is 13.8 Å². The zero-order valence-corrected chi connectivity index (χ0v) is 12.3. The van der Waals surface area contributed by atoms with Crippen molar-refractivity contribution < 1.29 is 4.79 Å². The van der Waals surface area contributed by atoms with Crippen LogP contribution in [0.25, 0.3) is 5.95 Å². The Morgan fingerprint density at radius 2 is 1.73 bits per heavy atom. The van der Waals surface area contributed by atoms with E-state index in [1.165, 1.54) is 0 Å². The standard InChI is InChI=1S/C16H15N5O/c1-11-3-5-13(6-4-11)15(22)20-14-9-18-16(19-10-14)21-8-7-17-12(21)2/h3-10H,1-2H3,(H,20,22). The van der Waals surface area contributed by atoms with Gasteiger partial charge in [0, 0.05) is 18.0 Å². The Balaban J connectivity index is 1.75. The average molecular weight is 293 g/mol. The number of benzene rings is 1. The van der Waals surface area contributed by atoms with Crippen LogP contribution < -0.4 is 5.32 Å². The smallest absolute Gasteiger partial charge is 0.255 e. The number of hydrogen-bond donors (Lipinski definition) is 1. The Bertz CT molecular complexity index is 790. The van der Waals surface area contributed by atoms with Gasteiger partial charge in [-0.05, 0) is 26.0 Å². The molecule has 0 aliphatic heterocycles. The lowest BCUT2D eigenvalue weighted by Gasteiger charge is -2.06. The van der Waals surface area contributed by atoms with Crippen molar-refractivity contribution in [1.82, 2.24) is 19.5 Å². The number of carbonyl (C=O) groups excluding carboxylic acids is 1. The number of hydrogen-bond acceptors (Lipinski definition) is 4. The number of imidazole rings is 1. The number of carbonyl (C=O) groups is 1. The molecule has 0 fully saturated rings. The zero-order chi connectivity index (χ0) is 15.5. The maximum atomic E-state index is 12.1. The van der Waals surface area contributed by atoms with Gasteiger partial charge in [-0.3, -0.25) is 9.36 Å². The summed E-state index contributed by atoms with van der Waals surface area (Å²) in [5.74, 6) is 1.13. The van der Waals surface area contributed by atoms with Gasteiger partial charge in [0.1, 0.15) is 5.82 Å². The second-order valence-electron chi connectivity index (χ2n) is 4.94. The number of aromatic nitrogens is 4. The molecule has 0 spiro atoms. The third-order valence-corrected chi connectivity index (χ3v) is 3.25. The highest BCUT2D eigenvalue weighted by Crippen LogP contribution is 2.10. The molecular weight excluding hydrogens is 278 g/mol. The Labute approximate surface area is 127 Å². The Morgan fingerprint density at radius 1 is 1.05 bits per heavy atom. The number of amides is 1. The molecule has 0 bridgehead atoms. The van der Waals surface area contributed by atoms with Crippen molar-refractivity contribution in [3.63, 3.8) is 0 Å². The molecule has 2 aromatic heterocycles. The topological polar surface area (TPSA) is 72.7 Å². The molecule has 0 unspecified atom stereocenters. The fourth-order valence-corrected chi connectivity index (χ4v) is 2.01. The molecule has 1 amide bonds. The molecule has 0 saturated heterocycles. The van der Waals surface area contributed by atoms with Gasteiger partial charge in [0.05, 0.1) is 18.1 Å². The Morgan fingerprint density at radius 3 is 2.32 bits per heavy atom. The van der Waals surface area contributed by atoms with Crippen LogP contribution in [0.4, 0.5) is 5.69 Å². The highest BCUT2D eigenvalue weighted by Gasteiger charge is 2.07. The van der Waals surface area contributed by atoms with E-state index in [9.17, 15) is 4.79 Å². The molecule has 22 heavy (non-hydrogen) atoms. The van der Waals surface area contributed by atoms with Crippen LogP contribution in [0.5, 0.6) is 0 Å². The van der Waals surface area contributed by atoms with Crippen molar-refractivity contribution in [3.05, 3.63) is 66.0 Å². The van der Waals surface area contributed by atoms with Gasteiger partial charge in [-0.2, -0.15) is 0 Å². The van der Waals surface area contributed by atoms with E-state index in [1.54, 1.807) is 41.5 Å². The number of anilines is 1.